The predicted octanol–water partition coefficient (Wildman–Crippen LogP) is 2.95. The third-order valence-electron chi connectivity index (χ3n) is 4.35. The Morgan fingerprint density at radius 2 is 1.80 bits per heavy atom. The maximum Gasteiger partial charge on any atom is 0.318 e. The maximum absolute atomic E-state index is 12.5. The monoisotopic (exact) mass is 340 g/mol. The van der Waals surface area contributed by atoms with Crippen LogP contribution in [-0.2, 0) is 4.79 Å². The Labute approximate surface area is 148 Å². The van der Waals surface area contributed by atoms with Crippen LogP contribution >= 0.6 is 0 Å². The van der Waals surface area contributed by atoms with Gasteiger partial charge >= 0.3 is 6.01 Å². The first-order valence-corrected chi connectivity index (χ1v) is 8.65. The normalized spacial score (nSPS) is 15.8. The minimum absolute atomic E-state index is 0.0504. The average Bonchev–Trinajstić information content (AvgIpc) is 3.13. The number of hydrogen-bond donors (Lipinski definition) is 0. The molecule has 0 bridgehead atoms. The van der Waals surface area contributed by atoms with Crippen molar-refractivity contribution in [2.45, 2.75) is 26.7 Å². The van der Waals surface area contributed by atoms with E-state index >= 15 is 0 Å². The highest BCUT2D eigenvalue weighted by molar-refractivity contribution is 5.95. The zero-order valence-corrected chi connectivity index (χ0v) is 15.0. The van der Waals surface area contributed by atoms with E-state index in [0.717, 1.165) is 11.1 Å². The van der Waals surface area contributed by atoms with Crippen molar-refractivity contribution in [3.8, 4) is 0 Å². The van der Waals surface area contributed by atoms with E-state index < -0.39 is 0 Å². The van der Waals surface area contributed by atoms with Gasteiger partial charge in [-0.05, 0) is 18.1 Å². The van der Waals surface area contributed by atoms with Crippen molar-refractivity contribution in [3.05, 3.63) is 47.9 Å². The van der Waals surface area contributed by atoms with Gasteiger partial charge in [0.2, 0.25) is 11.8 Å². The number of amides is 1. The molecule has 1 saturated heterocycles. The number of nitrogens with zero attached hydrogens (tertiary/aromatic N) is 4. The molecule has 0 N–H and O–H groups in total. The summed E-state index contributed by atoms with van der Waals surface area (Å²) in [7, 11) is 0. The van der Waals surface area contributed by atoms with E-state index in [9.17, 15) is 4.79 Å². The third-order valence-corrected chi connectivity index (χ3v) is 4.35. The molecule has 1 aromatic heterocycles. The maximum atomic E-state index is 12.5. The standard InChI is InChI=1S/C19H24N4O2/c1-14(2)18-20-21-19(25-18)23-11-9-22(10-12-23)17(24)13-15(3)16-7-5-4-6-8-16/h4-8,13-14H,9-12H2,1-3H3/b15-13+. The molecule has 2 heterocycles. The zero-order valence-electron chi connectivity index (χ0n) is 15.0. The fourth-order valence-corrected chi connectivity index (χ4v) is 2.77. The van der Waals surface area contributed by atoms with Gasteiger partial charge in [-0.15, -0.1) is 5.10 Å². The molecule has 0 atom stereocenters. The van der Waals surface area contributed by atoms with Crippen molar-refractivity contribution < 1.29 is 9.21 Å². The lowest BCUT2D eigenvalue weighted by Crippen LogP contribution is -2.48. The van der Waals surface area contributed by atoms with E-state index in [1.165, 1.54) is 0 Å². The average molecular weight is 340 g/mol. The van der Waals surface area contributed by atoms with Crippen molar-refractivity contribution in [2.24, 2.45) is 0 Å². The molecule has 0 saturated carbocycles. The summed E-state index contributed by atoms with van der Waals surface area (Å²) in [4.78, 5) is 16.4. The molecular formula is C19H24N4O2. The van der Waals surface area contributed by atoms with Crippen LogP contribution < -0.4 is 4.90 Å². The molecule has 1 amide bonds. The molecule has 0 spiro atoms. The van der Waals surface area contributed by atoms with Crippen LogP contribution in [0.4, 0.5) is 6.01 Å². The van der Waals surface area contributed by atoms with Crippen LogP contribution in [0.5, 0.6) is 0 Å². The molecule has 2 aromatic rings. The number of carbonyl (C=O) groups excluding carboxylic acids is 1. The summed E-state index contributed by atoms with van der Waals surface area (Å²) >= 11 is 0. The summed E-state index contributed by atoms with van der Waals surface area (Å²) in [5, 5.41) is 8.18. The van der Waals surface area contributed by atoms with Gasteiger partial charge in [-0.2, -0.15) is 0 Å². The number of aromatic nitrogens is 2. The first kappa shape index (κ1) is 17.2. The van der Waals surface area contributed by atoms with Crippen molar-refractivity contribution in [2.75, 3.05) is 31.1 Å². The van der Waals surface area contributed by atoms with Gasteiger partial charge < -0.3 is 14.2 Å². The second-order valence-electron chi connectivity index (χ2n) is 6.58. The number of carbonyl (C=O) groups is 1. The molecule has 132 valence electrons. The Morgan fingerprint density at radius 1 is 1.12 bits per heavy atom. The Bertz CT molecular complexity index is 744. The van der Waals surface area contributed by atoms with E-state index in [1.54, 1.807) is 6.08 Å². The minimum atomic E-state index is 0.0504. The van der Waals surface area contributed by atoms with E-state index in [4.69, 9.17) is 4.42 Å². The molecule has 0 unspecified atom stereocenters. The van der Waals surface area contributed by atoms with Gasteiger partial charge in [0.1, 0.15) is 0 Å². The zero-order chi connectivity index (χ0) is 17.8. The molecule has 1 aliphatic rings. The number of hydrogen-bond acceptors (Lipinski definition) is 5. The first-order chi connectivity index (χ1) is 12.0. The van der Waals surface area contributed by atoms with Gasteiger partial charge in [0.05, 0.1) is 0 Å². The summed E-state index contributed by atoms with van der Waals surface area (Å²) in [5.41, 5.74) is 2.05. The third kappa shape index (κ3) is 4.07. The number of piperazine rings is 1. The second-order valence-corrected chi connectivity index (χ2v) is 6.58. The van der Waals surface area contributed by atoms with Gasteiger partial charge in [0.25, 0.3) is 0 Å². The number of anilines is 1. The predicted molar refractivity (Wildman–Crippen MR) is 97.3 cm³/mol. The van der Waals surface area contributed by atoms with Gasteiger partial charge in [0, 0.05) is 38.2 Å². The lowest BCUT2D eigenvalue weighted by Gasteiger charge is -2.33. The molecule has 0 radical (unpaired) electrons. The SMILES string of the molecule is C/C(=C\C(=O)N1CCN(c2nnc(C(C)C)o2)CC1)c1ccccc1. The highest BCUT2D eigenvalue weighted by Crippen LogP contribution is 2.20. The highest BCUT2D eigenvalue weighted by atomic mass is 16.4. The quantitative estimate of drug-likeness (QED) is 0.801. The van der Waals surface area contributed by atoms with Gasteiger partial charge in [-0.25, -0.2) is 0 Å². The number of rotatable bonds is 4. The van der Waals surface area contributed by atoms with Crippen LogP contribution in [0, 0.1) is 0 Å². The van der Waals surface area contributed by atoms with Crippen molar-refractivity contribution in [1.29, 1.82) is 0 Å². The molecular weight excluding hydrogens is 316 g/mol. The fraction of sp³-hybridized carbons (Fsp3) is 0.421. The van der Waals surface area contributed by atoms with Crippen LogP contribution in [0.25, 0.3) is 5.57 Å². The molecule has 25 heavy (non-hydrogen) atoms. The molecule has 3 rings (SSSR count). The Morgan fingerprint density at radius 3 is 2.40 bits per heavy atom. The fourth-order valence-electron chi connectivity index (χ4n) is 2.77. The van der Waals surface area contributed by atoms with Crippen LogP contribution in [-0.4, -0.2) is 47.2 Å². The van der Waals surface area contributed by atoms with Gasteiger partial charge in [-0.1, -0.05) is 49.3 Å². The molecule has 6 nitrogen and oxygen atoms in total. The number of allylic oxidation sites excluding steroid dienone is 1. The first-order valence-electron chi connectivity index (χ1n) is 8.65. The van der Waals surface area contributed by atoms with E-state index in [1.807, 2.05) is 60.9 Å². The van der Waals surface area contributed by atoms with Gasteiger partial charge in [0.15, 0.2) is 0 Å². The second kappa shape index (κ2) is 7.51. The van der Waals surface area contributed by atoms with Crippen LogP contribution in [0.3, 0.4) is 0 Å². The molecule has 1 fully saturated rings. The molecule has 1 aromatic carbocycles. The van der Waals surface area contributed by atoms with Crippen molar-refractivity contribution in [1.82, 2.24) is 15.1 Å². The van der Waals surface area contributed by atoms with Crippen molar-refractivity contribution >= 4 is 17.5 Å². The van der Waals surface area contributed by atoms with E-state index in [-0.39, 0.29) is 11.8 Å². The Kier molecular flexibility index (Phi) is 5.16. The Balaban J connectivity index is 1.59. The summed E-state index contributed by atoms with van der Waals surface area (Å²) in [6, 6.07) is 10.5. The largest absolute Gasteiger partial charge is 0.408 e. The van der Waals surface area contributed by atoms with Crippen molar-refractivity contribution in [3.63, 3.8) is 0 Å². The van der Waals surface area contributed by atoms with Crippen LogP contribution in [0.2, 0.25) is 0 Å². The smallest absolute Gasteiger partial charge is 0.318 e. The lowest BCUT2D eigenvalue weighted by atomic mass is 10.1. The summed E-state index contributed by atoms with van der Waals surface area (Å²) < 4.78 is 5.69. The van der Waals surface area contributed by atoms with E-state index in [2.05, 4.69) is 10.2 Å². The minimum Gasteiger partial charge on any atom is -0.408 e. The van der Waals surface area contributed by atoms with Gasteiger partial charge in [-0.3, -0.25) is 4.79 Å². The summed E-state index contributed by atoms with van der Waals surface area (Å²) in [6.07, 6.45) is 1.72. The molecule has 6 heteroatoms. The summed E-state index contributed by atoms with van der Waals surface area (Å²) in [5.74, 6) is 0.916. The lowest BCUT2D eigenvalue weighted by molar-refractivity contribution is -0.126. The highest BCUT2D eigenvalue weighted by Gasteiger charge is 2.24. The van der Waals surface area contributed by atoms with Crippen LogP contribution in [0.1, 0.15) is 38.1 Å². The molecule has 0 aliphatic carbocycles. The molecule has 1 aliphatic heterocycles. The Hall–Kier alpha value is -2.63. The number of benzene rings is 1. The summed E-state index contributed by atoms with van der Waals surface area (Å²) in [6.45, 7) is 8.71. The van der Waals surface area contributed by atoms with Crippen LogP contribution in [0.15, 0.2) is 40.8 Å². The van der Waals surface area contributed by atoms with E-state index in [0.29, 0.717) is 38.1 Å². The topological polar surface area (TPSA) is 62.5 Å².